The van der Waals surface area contributed by atoms with Crippen LogP contribution in [0.1, 0.15) is 74.5 Å². The number of rotatable bonds is 3. The Kier molecular flexibility index (Phi) is 5.56. The van der Waals surface area contributed by atoms with Crippen LogP contribution in [0.15, 0.2) is 59.2 Å². The number of nitrogens with zero attached hydrogens (tertiary/aromatic N) is 2. The van der Waals surface area contributed by atoms with E-state index >= 15 is 0 Å². The van der Waals surface area contributed by atoms with Crippen molar-refractivity contribution in [1.29, 1.82) is 0 Å². The van der Waals surface area contributed by atoms with Crippen molar-refractivity contribution in [3.8, 4) is 5.69 Å². The Balaban J connectivity index is 1.37. The molecule has 0 bridgehead atoms. The fraction of sp³-hybridized carbons (Fsp3) is 0.500. The lowest BCUT2D eigenvalue weighted by Crippen LogP contribution is -2.49. The van der Waals surface area contributed by atoms with E-state index in [2.05, 4.69) is 19.9 Å². The highest BCUT2D eigenvalue weighted by Gasteiger charge is 2.59. The molecule has 6 atom stereocenters. The highest BCUT2D eigenvalue weighted by Crippen LogP contribution is 2.68. The number of hydrogen-bond acceptors (Lipinski definition) is 4. The summed E-state index contributed by atoms with van der Waals surface area (Å²) in [7, 11) is 1.41. The Morgan fingerprint density at radius 1 is 1.11 bits per heavy atom. The summed E-state index contributed by atoms with van der Waals surface area (Å²) in [5, 5.41) is 5.16. The normalized spacial score (nSPS) is 35.3. The van der Waals surface area contributed by atoms with E-state index in [0.717, 1.165) is 49.1 Å². The third-order valence-corrected chi connectivity index (χ3v) is 10.6. The molecule has 0 radical (unpaired) electrons. The van der Waals surface area contributed by atoms with Gasteiger partial charge in [0.25, 0.3) is 0 Å². The lowest BCUT2D eigenvalue weighted by Gasteiger charge is -2.57. The van der Waals surface area contributed by atoms with E-state index < -0.39 is 5.97 Å². The number of fused-ring (bicyclic) bond motifs is 5. The average molecular weight is 505 g/mol. The summed E-state index contributed by atoms with van der Waals surface area (Å²) in [6.07, 6.45) is 10.3. The first-order valence-corrected chi connectivity index (χ1v) is 13.5. The number of para-hydroxylation sites is 1. The van der Waals surface area contributed by atoms with Gasteiger partial charge >= 0.3 is 5.97 Å². The zero-order valence-electron chi connectivity index (χ0n) is 21.2. The number of methoxy groups -OCH3 is 1. The number of carbonyl (C=O) groups is 2. The summed E-state index contributed by atoms with van der Waals surface area (Å²) in [5.41, 5.74) is 3.59. The van der Waals surface area contributed by atoms with Gasteiger partial charge in [-0.15, -0.1) is 0 Å². The van der Waals surface area contributed by atoms with Crippen LogP contribution in [0.25, 0.3) is 5.69 Å². The number of carbonyl (C=O) groups excluding carboxylic acids is 2. The van der Waals surface area contributed by atoms with E-state index in [9.17, 15) is 9.59 Å². The van der Waals surface area contributed by atoms with Gasteiger partial charge < -0.3 is 4.74 Å². The van der Waals surface area contributed by atoms with Crippen LogP contribution in [0.2, 0.25) is 0 Å². The molecule has 5 nitrogen and oxygen atoms in total. The molecule has 0 saturated heterocycles. The Bertz CT molecular complexity index is 1290. The first kappa shape index (κ1) is 23.7. The molecule has 1 aromatic carbocycles. The van der Waals surface area contributed by atoms with E-state index in [0.29, 0.717) is 34.4 Å². The number of benzene rings is 1. The van der Waals surface area contributed by atoms with Gasteiger partial charge in [-0.1, -0.05) is 49.7 Å². The van der Waals surface area contributed by atoms with Crippen molar-refractivity contribution in [3.63, 3.8) is 0 Å². The number of hydrogen-bond donors (Lipinski definition) is 0. The molecule has 4 aliphatic rings. The second-order valence-corrected chi connectivity index (χ2v) is 11.9. The molecule has 0 spiro atoms. The third kappa shape index (κ3) is 3.31. The molecule has 36 heavy (non-hydrogen) atoms. The lowest BCUT2D eigenvalue weighted by atomic mass is 9.47. The maximum absolute atomic E-state index is 12.5. The van der Waals surface area contributed by atoms with Crippen molar-refractivity contribution >= 4 is 23.4 Å². The van der Waals surface area contributed by atoms with Gasteiger partial charge in [0.1, 0.15) is 0 Å². The maximum Gasteiger partial charge on any atom is 0.358 e. The molecular weight excluding hydrogens is 472 g/mol. The number of ether oxygens (including phenoxy) is 1. The van der Waals surface area contributed by atoms with Crippen molar-refractivity contribution in [2.45, 2.75) is 58.3 Å². The molecule has 3 saturated carbocycles. The average Bonchev–Trinajstić information content (AvgIpc) is 3.47. The molecule has 1 aromatic heterocycles. The standard InChI is InChI=1S/C30H33ClN2O3/c1-29-15-13-21-19(9-10-23-27(31)26(34)14-16-30(21,23)2)20(29)11-12-22(29)25-17-24(28(35)36-3)32-33(25)18-7-5-4-6-8-18/h4-8,14,16-17,19-22H,9-13,15H2,1-3H3/t19-,20-,21-,22+,29-,30+/m0/s1. The van der Waals surface area contributed by atoms with E-state index in [1.807, 2.05) is 41.1 Å². The van der Waals surface area contributed by atoms with Gasteiger partial charge in [0, 0.05) is 17.0 Å². The largest absolute Gasteiger partial charge is 0.464 e. The van der Waals surface area contributed by atoms with E-state index in [-0.39, 0.29) is 16.6 Å². The highest BCUT2D eigenvalue weighted by molar-refractivity contribution is 6.45. The van der Waals surface area contributed by atoms with Crippen molar-refractivity contribution in [3.05, 3.63) is 70.5 Å². The van der Waals surface area contributed by atoms with Crippen molar-refractivity contribution < 1.29 is 14.3 Å². The van der Waals surface area contributed by atoms with Gasteiger partial charge in [0.15, 0.2) is 11.5 Å². The highest BCUT2D eigenvalue weighted by atomic mass is 35.5. The van der Waals surface area contributed by atoms with Crippen LogP contribution in [-0.2, 0) is 9.53 Å². The number of esters is 1. The molecule has 6 rings (SSSR count). The van der Waals surface area contributed by atoms with Crippen LogP contribution >= 0.6 is 11.6 Å². The zero-order valence-corrected chi connectivity index (χ0v) is 21.9. The van der Waals surface area contributed by atoms with Gasteiger partial charge in [-0.2, -0.15) is 5.10 Å². The van der Waals surface area contributed by atoms with Crippen molar-refractivity contribution in [2.75, 3.05) is 7.11 Å². The first-order chi connectivity index (χ1) is 17.3. The van der Waals surface area contributed by atoms with Crippen LogP contribution in [-0.4, -0.2) is 28.6 Å². The molecule has 1 heterocycles. The van der Waals surface area contributed by atoms with Gasteiger partial charge in [-0.3, -0.25) is 4.79 Å². The van der Waals surface area contributed by atoms with Crippen molar-refractivity contribution in [1.82, 2.24) is 9.78 Å². The second kappa shape index (κ2) is 8.44. The predicted molar refractivity (Wildman–Crippen MR) is 139 cm³/mol. The smallest absolute Gasteiger partial charge is 0.358 e. The van der Waals surface area contributed by atoms with Crippen LogP contribution < -0.4 is 0 Å². The number of allylic oxidation sites excluding steroid dienone is 4. The Morgan fingerprint density at radius 3 is 2.64 bits per heavy atom. The summed E-state index contributed by atoms with van der Waals surface area (Å²) in [6.45, 7) is 4.76. The zero-order chi connectivity index (χ0) is 25.2. The van der Waals surface area contributed by atoms with E-state index in [1.165, 1.54) is 13.5 Å². The van der Waals surface area contributed by atoms with Crippen molar-refractivity contribution in [2.24, 2.45) is 28.6 Å². The fourth-order valence-electron chi connectivity index (χ4n) is 8.39. The minimum Gasteiger partial charge on any atom is -0.464 e. The molecule has 0 aliphatic heterocycles. The monoisotopic (exact) mass is 504 g/mol. The third-order valence-electron chi connectivity index (χ3n) is 10.1. The van der Waals surface area contributed by atoms with Crippen LogP contribution in [0.4, 0.5) is 0 Å². The Labute approximate surface area is 217 Å². The molecular formula is C30H33ClN2O3. The number of halogens is 1. The van der Waals surface area contributed by atoms with Gasteiger partial charge in [-0.25, -0.2) is 9.48 Å². The Morgan fingerprint density at radius 2 is 1.89 bits per heavy atom. The molecule has 3 fully saturated rings. The molecule has 0 unspecified atom stereocenters. The number of ketones is 1. The molecule has 4 aliphatic carbocycles. The van der Waals surface area contributed by atoms with Crippen LogP contribution in [0.3, 0.4) is 0 Å². The summed E-state index contributed by atoms with van der Waals surface area (Å²) in [5.74, 6) is 1.56. The quantitative estimate of drug-likeness (QED) is 0.441. The van der Waals surface area contributed by atoms with E-state index in [4.69, 9.17) is 21.4 Å². The predicted octanol–water partition coefficient (Wildman–Crippen LogP) is 6.62. The summed E-state index contributed by atoms with van der Waals surface area (Å²) < 4.78 is 6.99. The van der Waals surface area contributed by atoms with E-state index in [1.54, 1.807) is 6.08 Å². The molecule has 188 valence electrons. The maximum atomic E-state index is 12.5. The summed E-state index contributed by atoms with van der Waals surface area (Å²) in [4.78, 5) is 24.7. The summed E-state index contributed by atoms with van der Waals surface area (Å²) >= 11 is 6.55. The van der Waals surface area contributed by atoms with Gasteiger partial charge in [-0.05, 0) is 91.5 Å². The molecule has 6 heteroatoms. The molecule has 0 amide bonds. The summed E-state index contributed by atoms with van der Waals surface area (Å²) in [6, 6.07) is 12.0. The molecule has 0 N–H and O–H groups in total. The fourth-order valence-corrected chi connectivity index (χ4v) is 8.75. The van der Waals surface area contributed by atoms with Crippen LogP contribution in [0, 0.1) is 28.6 Å². The number of aromatic nitrogens is 2. The molecule has 2 aromatic rings. The van der Waals surface area contributed by atoms with Gasteiger partial charge in [0.2, 0.25) is 0 Å². The second-order valence-electron chi connectivity index (χ2n) is 11.6. The lowest BCUT2D eigenvalue weighted by molar-refractivity contribution is -0.111. The topological polar surface area (TPSA) is 61.2 Å². The SMILES string of the molecule is COC(=O)c1cc([C@H]2CC[C@H]3[C@@H]4CCC5=C(Cl)C(=O)C=C[C@]5(C)[C@H]4CC[C@]23C)n(-c2ccccc2)n1. The Hall–Kier alpha value is -2.66. The van der Waals surface area contributed by atoms with Gasteiger partial charge in [0.05, 0.1) is 17.8 Å². The minimum atomic E-state index is -0.399. The van der Waals surface area contributed by atoms with Crippen LogP contribution in [0.5, 0.6) is 0 Å². The first-order valence-electron chi connectivity index (χ1n) is 13.1. The minimum absolute atomic E-state index is 0.0419.